The molecule has 1 aliphatic heterocycles. The minimum atomic E-state index is -5.35. The number of aromatic hydroxyl groups is 1. The summed E-state index contributed by atoms with van der Waals surface area (Å²) in [6, 6.07) is 5.46. The second-order valence-corrected chi connectivity index (χ2v) is 15.4. The highest BCUT2D eigenvalue weighted by atomic mass is 35.5. The van der Waals surface area contributed by atoms with E-state index in [4.69, 9.17) is 16.3 Å². The van der Waals surface area contributed by atoms with Gasteiger partial charge in [-0.15, -0.1) is 10.2 Å². The zero-order valence-corrected chi connectivity index (χ0v) is 29.7. The van der Waals surface area contributed by atoms with Crippen LogP contribution in [0.2, 0.25) is 5.02 Å². The molecule has 0 spiro atoms. The quantitative estimate of drug-likeness (QED) is 0.0659. The SMILES string of the molecule is O=S(=O)(O)c1cc(Nc2ncnc(F)c2Cl)c(S(=O)(=O)O)cc1N=Nc1c(S(=O)(=O)O)cc2cc(Nc3nc(F)nc(N4CCOCC4)n3)ccc2c1O. The van der Waals surface area contributed by atoms with Gasteiger partial charge in [-0.3, -0.25) is 13.7 Å². The van der Waals surface area contributed by atoms with Crippen molar-refractivity contribution in [3.8, 4) is 5.75 Å². The van der Waals surface area contributed by atoms with Gasteiger partial charge in [-0.25, -0.2) is 9.97 Å². The first kappa shape index (κ1) is 38.4. The van der Waals surface area contributed by atoms with Crippen molar-refractivity contribution in [2.45, 2.75) is 14.7 Å². The standard InChI is InChI=1S/C27H21ClF2N10O11S3/c28-20-23(29)31-11-32-24(20)34-15-9-18(53(45,46)47)16(10-17(15)52(42,43)44)38-39-21-19(54(48,49)50)8-12-7-13(1-2-14(12)22(21)41)33-26-35-25(30)36-27(37-26)40-3-5-51-6-4-40/h1-2,7-11,41H,3-6H2,(H,31,32,34)(H,42,43,44)(H,45,46,47)(H,48,49,50)(H,33,35,36,37). The summed E-state index contributed by atoms with van der Waals surface area (Å²) in [4.78, 5) is 16.5. The minimum absolute atomic E-state index is 0.0210. The number of anilines is 5. The molecule has 54 heavy (non-hydrogen) atoms. The maximum atomic E-state index is 14.3. The zero-order chi connectivity index (χ0) is 39.2. The molecule has 0 saturated carbocycles. The van der Waals surface area contributed by atoms with Gasteiger partial charge in [-0.2, -0.15) is 49.0 Å². The Morgan fingerprint density at radius 1 is 0.815 bits per heavy atom. The molecule has 0 radical (unpaired) electrons. The Morgan fingerprint density at radius 2 is 1.50 bits per heavy atom. The van der Waals surface area contributed by atoms with E-state index in [0.29, 0.717) is 44.8 Å². The lowest BCUT2D eigenvalue weighted by Gasteiger charge is -2.26. The predicted molar refractivity (Wildman–Crippen MR) is 182 cm³/mol. The first-order valence-corrected chi connectivity index (χ1v) is 19.3. The number of nitrogens with one attached hydrogen (secondary N) is 2. The van der Waals surface area contributed by atoms with Gasteiger partial charge >= 0.3 is 6.08 Å². The van der Waals surface area contributed by atoms with E-state index in [-0.39, 0.29) is 28.4 Å². The number of rotatable bonds is 10. The molecule has 1 fully saturated rings. The van der Waals surface area contributed by atoms with Crippen LogP contribution in [0.5, 0.6) is 5.75 Å². The van der Waals surface area contributed by atoms with Gasteiger partial charge in [0, 0.05) is 24.2 Å². The Labute approximate surface area is 307 Å². The third kappa shape index (κ3) is 8.24. The molecule has 1 saturated heterocycles. The van der Waals surface area contributed by atoms with Gasteiger partial charge < -0.3 is 25.4 Å². The van der Waals surface area contributed by atoms with E-state index in [9.17, 15) is 52.8 Å². The predicted octanol–water partition coefficient (Wildman–Crippen LogP) is 3.93. The van der Waals surface area contributed by atoms with Crippen molar-refractivity contribution in [2.24, 2.45) is 10.2 Å². The Hall–Kier alpha value is -5.35. The van der Waals surface area contributed by atoms with Crippen LogP contribution in [-0.4, -0.2) is 95.2 Å². The number of ether oxygens (including phenoxy) is 1. The number of nitrogens with zero attached hydrogens (tertiary/aromatic N) is 8. The Bertz CT molecular complexity index is 2710. The van der Waals surface area contributed by atoms with Crippen molar-refractivity contribution in [3.05, 3.63) is 59.8 Å². The molecule has 3 heterocycles. The van der Waals surface area contributed by atoms with Crippen LogP contribution in [0.1, 0.15) is 0 Å². The molecule has 2 aromatic heterocycles. The summed E-state index contributed by atoms with van der Waals surface area (Å²) < 4.78 is 138. The van der Waals surface area contributed by atoms with Crippen molar-refractivity contribution in [3.63, 3.8) is 0 Å². The van der Waals surface area contributed by atoms with Crippen molar-refractivity contribution in [2.75, 3.05) is 41.8 Å². The van der Waals surface area contributed by atoms with Crippen LogP contribution in [0.3, 0.4) is 0 Å². The average molecular weight is 831 g/mol. The number of hydrogen-bond acceptors (Lipinski definition) is 18. The van der Waals surface area contributed by atoms with Gasteiger partial charge in [-0.1, -0.05) is 11.6 Å². The number of halogens is 3. The van der Waals surface area contributed by atoms with Crippen LogP contribution in [0.4, 0.5) is 49.2 Å². The second kappa shape index (κ2) is 14.5. The highest BCUT2D eigenvalue weighted by molar-refractivity contribution is 7.86. The third-order valence-corrected chi connectivity index (χ3v) is 10.3. The molecule has 284 valence electrons. The fourth-order valence-corrected chi connectivity index (χ4v) is 7.05. The van der Waals surface area contributed by atoms with E-state index in [2.05, 4.69) is 45.8 Å². The largest absolute Gasteiger partial charge is 0.505 e. The molecule has 5 aromatic rings. The number of phenolic OH excluding ortho intramolecular Hbond substituents is 1. The molecule has 0 aliphatic carbocycles. The van der Waals surface area contributed by atoms with Gasteiger partial charge in [0.25, 0.3) is 30.4 Å². The molecular formula is C27H21ClF2N10O11S3. The lowest BCUT2D eigenvalue weighted by molar-refractivity contribution is 0.122. The maximum absolute atomic E-state index is 14.3. The van der Waals surface area contributed by atoms with E-state index in [1.807, 2.05) is 0 Å². The van der Waals surface area contributed by atoms with Crippen LogP contribution in [-0.2, 0) is 35.1 Å². The Kier molecular flexibility index (Phi) is 10.3. The number of phenols is 1. The van der Waals surface area contributed by atoms with Crippen molar-refractivity contribution >= 4 is 93.2 Å². The Morgan fingerprint density at radius 3 is 2.17 bits per heavy atom. The molecule has 0 amide bonds. The summed E-state index contributed by atoms with van der Waals surface area (Å²) in [5.74, 6) is -3.02. The second-order valence-electron chi connectivity index (χ2n) is 10.9. The van der Waals surface area contributed by atoms with Crippen LogP contribution < -0.4 is 15.5 Å². The summed E-state index contributed by atoms with van der Waals surface area (Å²) in [5.41, 5.74) is -2.71. The zero-order valence-electron chi connectivity index (χ0n) is 26.5. The van der Waals surface area contributed by atoms with Gasteiger partial charge in [-0.05, 0) is 41.8 Å². The Balaban J connectivity index is 1.43. The van der Waals surface area contributed by atoms with E-state index in [1.165, 1.54) is 18.2 Å². The highest BCUT2D eigenvalue weighted by Gasteiger charge is 2.27. The lowest BCUT2D eigenvalue weighted by atomic mass is 10.1. The van der Waals surface area contributed by atoms with E-state index in [1.54, 1.807) is 4.90 Å². The fourth-order valence-electron chi connectivity index (χ4n) is 4.96. The fraction of sp³-hybridized carbons (Fsp3) is 0.148. The summed E-state index contributed by atoms with van der Waals surface area (Å²) in [7, 11) is -15.9. The van der Waals surface area contributed by atoms with Gasteiger partial charge in [0.1, 0.15) is 37.4 Å². The number of morpholine rings is 1. The third-order valence-electron chi connectivity index (χ3n) is 7.35. The molecule has 21 nitrogen and oxygen atoms in total. The summed E-state index contributed by atoms with van der Waals surface area (Å²) >= 11 is 5.78. The number of azo groups is 1. The van der Waals surface area contributed by atoms with E-state index in [0.717, 1.165) is 6.07 Å². The van der Waals surface area contributed by atoms with Gasteiger partial charge in [0.05, 0.1) is 18.9 Å². The monoisotopic (exact) mass is 830 g/mol. The van der Waals surface area contributed by atoms with Crippen LogP contribution >= 0.6 is 11.6 Å². The maximum Gasteiger partial charge on any atom is 0.315 e. The average Bonchev–Trinajstić information content (AvgIpc) is 3.08. The summed E-state index contributed by atoms with van der Waals surface area (Å²) in [6.45, 7) is 1.50. The normalized spacial score (nSPS) is 14.1. The van der Waals surface area contributed by atoms with E-state index < -0.39 is 90.7 Å². The highest BCUT2D eigenvalue weighted by Crippen LogP contribution is 2.43. The number of fused-ring (bicyclic) bond motifs is 1. The van der Waals surface area contributed by atoms with Crippen molar-refractivity contribution in [1.29, 1.82) is 0 Å². The lowest BCUT2D eigenvalue weighted by Crippen LogP contribution is -2.37. The van der Waals surface area contributed by atoms with Crippen molar-refractivity contribution < 1.29 is 57.5 Å². The number of aromatic nitrogens is 5. The topological polar surface area (TPSA) is 309 Å². The summed E-state index contributed by atoms with van der Waals surface area (Å²) in [6.07, 6.45) is -0.435. The molecule has 0 atom stereocenters. The number of benzene rings is 3. The van der Waals surface area contributed by atoms with Crippen molar-refractivity contribution in [1.82, 2.24) is 24.9 Å². The van der Waals surface area contributed by atoms with Crippen LogP contribution in [0, 0.1) is 12.0 Å². The molecule has 27 heteroatoms. The van der Waals surface area contributed by atoms with Gasteiger partial charge in [0.2, 0.25) is 17.8 Å². The van der Waals surface area contributed by atoms with Crippen LogP contribution in [0.15, 0.2) is 67.6 Å². The molecule has 3 aromatic carbocycles. The molecule has 1 aliphatic rings. The van der Waals surface area contributed by atoms with Crippen LogP contribution in [0.25, 0.3) is 10.8 Å². The van der Waals surface area contributed by atoms with E-state index >= 15 is 0 Å². The summed E-state index contributed by atoms with van der Waals surface area (Å²) in [5, 5.41) is 22.2. The smallest absolute Gasteiger partial charge is 0.315 e. The van der Waals surface area contributed by atoms with Gasteiger partial charge in [0.15, 0.2) is 11.6 Å². The molecule has 6 N–H and O–H groups in total. The molecular weight excluding hydrogens is 810 g/mol. The minimum Gasteiger partial charge on any atom is -0.505 e. The molecule has 0 unspecified atom stereocenters. The molecule has 6 rings (SSSR count). The number of hydrogen-bond donors (Lipinski definition) is 6. The first-order valence-electron chi connectivity index (χ1n) is 14.6. The molecule has 0 bridgehead atoms. The first-order chi connectivity index (χ1) is 25.3.